The molecule has 1 fully saturated rings. The number of hydrogen-bond acceptors (Lipinski definition) is 4. The van der Waals surface area contributed by atoms with Gasteiger partial charge in [0.25, 0.3) is 0 Å². The van der Waals surface area contributed by atoms with Gasteiger partial charge in [0.15, 0.2) is 5.96 Å². The molecule has 1 saturated heterocycles. The van der Waals surface area contributed by atoms with E-state index in [1.807, 2.05) is 18.8 Å². The van der Waals surface area contributed by atoms with E-state index in [9.17, 15) is 0 Å². The third-order valence-electron chi connectivity index (χ3n) is 5.54. The number of aliphatic imine (C=N–C) groups is 1. The van der Waals surface area contributed by atoms with E-state index in [2.05, 4.69) is 60.2 Å². The van der Waals surface area contributed by atoms with Crippen LogP contribution in [0.2, 0.25) is 0 Å². The predicted molar refractivity (Wildman–Crippen MR) is 111 cm³/mol. The Morgan fingerprint density at radius 3 is 2.41 bits per heavy atom. The second kappa shape index (κ2) is 10.1. The topological polar surface area (TPSA) is 66.7 Å². The zero-order valence-electron chi connectivity index (χ0n) is 18.2. The van der Waals surface area contributed by atoms with Crippen molar-refractivity contribution in [2.75, 3.05) is 39.9 Å². The summed E-state index contributed by atoms with van der Waals surface area (Å²) in [6, 6.07) is 0.754. The van der Waals surface area contributed by atoms with Gasteiger partial charge in [-0.3, -0.25) is 14.6 Å². The van der Waals surface area contributed by atoms with Gasteiger partial charge in [-0.05, 0) is 38.7 Å². The van der Waals surface area contributed by atoms with Crippen LogP contribution in [0.4, 0.5) is 0 Å². The minimum Gasteiger partial charge on any atom is -0.379 e. The molecule has 2 rings (SSSR count). The van der Waals surface area contributed by atoms with Crippen LogP contribution in [-0.4, -0.2) is 72.6 Å². The number of morpholine rings is 1. The minimum atomic E-state index is 0.277. The van der Waals surface area contributed by atoms with Crippen LogP contribution in [0.1, 0.15) is 37.7 Å². The van der Waals surface area contributed by atoms with Gasteiger partial charge in [-0.25, -0.2) is 0 Å². The number of guanidine groups is 1. The largest absolute Gasteiger partial charge is 0.379 e. The molecule has 154 valence electrons. The van der Waals surface area contributed by atoms with Gasteiger partial charge in [-0.1, -0.05) is 13.8 Å². The van der Waals surface area contributed by atoms with E-state index in [1.54, 1.807) is 0 Å². The minimum absolute atomic E-state index is 0.277. The van der Waals surface area contributed by atoms with Gasteiger partial charge < -0.3 is 15.4 Å². The summed E-state index contributed by atoms with van der Waals surface area (Å²) in [5, 5.41) is 11.6. The third-order valence-corrected chi connectivity index (χ3v) is 5.54. The molecular weight excluding hydrogens is 340 g/mol. The average molecular weight is 379 g/mol. The van der Waals surface area contributed by atoms with E-state index in [0.717, 1.165) is 50.9 Å². The normalized spacial score (nSPS) is 18.6. The summed E-state index contributed by atoms with van der Waals surface area (Å²) in [4.78, 5) is 6.95. The molecule has 0 amide bonds. The molecule has 7 nitrogen and oxygen atoms in total. The third kappa shape index (κ3) is 5.94. The molecule has 1 aliphatic rings. The molecule has 2 heterocycles. The summed E-state index contributed by atoms with van der Waals surface area (Å²) >= 11 is 0. The Labute approximate surface area is 164 Å². The lowest BCUT2D eigenvalue weighted by Crippen LogP contribution is -2.53. The van der Waals surface area contributed by atoms with Crippen LogP contribution in [0.15, 0.2) is 4.99 Å². The monoisotopic (exact) mass is 378 g/mol. The van der Waals surface area contributed by atoms with Crippen molar-refractivity contribution >= 4 is 5.96 Å². The molecule has 2 unspecified atom stereocenters. The smallest absolute Gasteiger partial charge is 0.191 e. The van der Waals surface area contributed by atoms with Crippen molar-refractivity contribution in [3.63, 3.8) is 0 Å². The molecule has 0 aromatic carbocycles. The average Bonchev–Trinajstić information content (AvgIpc) is 2.87. The van der Waals surface area contributed by atoms with Crippen LogP contribution in [0.25, 0.3) is 0 Å². The fourth-order valence-electron chi connectivity index (χ4n) is 3.79. The summed E-state index contributed by atoms with van der Waals surface area (Å²) in [6.07, 6.45) is 0.934. The summed E-state index contributed by atoms with van der Waals surface area (Å²) in [5.41, 5.74) is 3.66. The first-order valence-electron chi connectivity index (χ1n) is 10.1. The number of hydrogen-bond donors (Lipinski definition) is 2. The first kappa shape index (κ1) is 21.7. The van der Waals surface area contributed by atoms with Crippen LogP contribution < -0.4 is 10.6 Å². The van der Waals surface area contributed by atoms with Crippen molar-refractivity contribution < 1.29 is 4.74 Å². The molecular formula is C20H38N6O. The van der Waals surface area contributed by atoms with Gasteiger partial charge in [-0.2, -0.15) is 5.10 Å². The molecule has 0 saturated carbocycles. The second-order valence-electron chi connectivity index (χ2n) is 7.94. The Hall–Kier alpha value is -1.60. The van der Waals surface area contributed by atoms with Crippen LogP contribution in [0, 0.1) is 19.8 Å². The first-order chi connectivity index (χ1) is 12.8. The summed E-state index contributed by atoms with van der Waals surface area (Å²) in [6.45, 7) is 15.5. The first-order valence-corrected chi connectivity index (χ1v) is 10.1. The van der Waals surface area contributed by atoms with Crippen molar-refractivity contribution in [3.8, 4) is 0 Å². The number of rotatable bonds is 7. The Morgan fingerprint density at radius 2 is 1.89 bits per heavy atom. The molecule has 27 heavy (non-hydrogen) atoms. The van der Waals surface area contributed by atoms with Crippen molar-refractivity contribution in [1.29, 1.82) is 0 Å². The van der Waals surface area contributed by atoms with Crippen LogP contribution in [0.3, 0.4) is 0 Å². The standard InChI is InChI=1S/C20H38N6O/c1-14(2)19(26-8-10-27-11-9-26)13-22-20(21-6)23-15(3)12-18-16(4)24-25(7)17(18)5/h14-15,19H,8-13H2,1-7H3,(H2,21,22,23). The van der Waals surface area contributed by atoms with Gasteiger partial charge >= 0.3 is 0 Å². The molecule has 0 spiro atoms. The van der Waals surface area contributed by atoms with Gasteiger partial charge in [0.05, 0.1) is 18.9 Å². The highest BCUT2D eigenvalue weighted by molar-refractivity contribution is 5.80. The lowest BCUT2D eigenvalue weighted by atomic mass is 10.0. The quantitative estimate of drug-likeness (QED) is 0.556. The second-order valence-corrected chi connectivity index (χ2v) is 7.94. The Bertz CT molecular complexity index is 618. The fourth-order valence-corrected chi connectivity index (χ4v) is 3.79. The van der Waals surface area contributed by atoms with Crippen LogP contribution in [0.5, 0.6) is 0 Å². The highest BCUT2D eigenvalue weighted by Crippen LogP contribution is 2.14. The van der Waals surface area contributed by atoms with Crippen LogP contribution in [-0.2, 0) is 18.2 Å². The van der Waals surface area contributed by atoms with E-state index < -0.39 is 0 Å². The van der Waals surface area contributed by atoms with E-state index >= 15 is 0 Å². The lowest BCUT2D eigenvalue weighted by Gasteiger charge is -2.37. The van der Waals surface area contributed by atoms with Gasteiger partial charge in [-0.15, -0.1) is 0 Å². The molecule has 0 bridgehead atoms. The molecule has 1 aromatic rings. The van der Waals surface area contributed by atoms with E-state index in [1.165, 1.54) is 11.3 Å². The molecule has 1 aliphatic heterocycles. The molecule has 2 N–H and O–H groups in total. The molecule has 1 aromatic heterocycles. The summed E-state index contributed by atoms with van der Waals surface area (Å²) in [5.74, 6) is 1.44. The maximum atomic E-state index is 5.50. The predicted octanol–water partition coefficient (Wildman–Crippen LogP) is 1.49. The molecule has 0 aliphatic carbocycles. The lowest BCUT2D eigenvalue weighted by molar-refractivity contribution is 0.00751. The zero-order valence-corrected chi connectivity index (χ0v) is 18.2. The Balaban J connectivity index is 1.90. The van der Waals surface area contributed by atoms with Crippen LogP contribution >= 0.6 is 0 Å². The summed E-state index contributed by atoms with van der Waals surface area (Å²) in [7, 11) is 3.84. The van der Waals surface area contributed by atoms with E-state index in [0.29, 0.717) is 12.0 Å². The highest BCUT2D eigenvalue weighted by atomic mass is 16.5. The van der Waals surface area contributed by atoms with Gasteiger partial charge in [0, 0.05) is 51.5 Å². The number of aryl methyl sites for hydroxylation is 2. The maximum absolute atomic E-state index is 5.50. The summed E-state index contributed by atoms with van der Waals surface area (Å²) < 4.78 is 7.46. The van der Waals surface area contributed by atoms with Crippen molar-refractivity contribution in [2.45, 2.75) is 53.1 Å². The highest BCUT2D eigenvalue weighted by Gasteiger charge is 2.24. The maximum Gasteiger partial charge on any atom is 0.191 e. The van der Waals surface area contributed by atoms with E-state index in [4.69, 9.17) is 4.74 Å². The Morgan fingerprint density at radius 1 is 1.22 bits per heavy atom. The molecule has 7 heteroatoms. The molecule has 2 atom stereocenters. The Kier molecular flexibility index (Phi) is 8.10. The fraction of sp³-hybridized carbons (Fsp3) is 0.800. The van der Waals surface area contributed by atoms with E-state index in [-0.39, 0.29) is 6.04 Å². The van der Waals surface area contributed by atoms with Crippen molar-refractivity contribution in [2.24, 2.45) is 18.0 Å². The van der Waals surface area contributed by atoms with Crippen molar-refractivity contribution in [3.05, 3.63) is 17.0 Å². The number of ether oxygens (including phenoxy) is 1. The SMILES string of the molecule is CN=C(NCC(C(C)C)N1CCOCC1)NC(C)Cc1c(C)nn(C)c1C. The van der Waals surface area contributed by atoms with Gasteiger partial charge in [0.1, 0.15) is 0 Å². The number of aromatic nitrogens is 2. The molecule has 0 radical (unpaired) electrons. The zero-order chi connectivity index (χ0) is 20.0. The number of nitrogens with one attached hydrogen (secondary N) is 2. The van der Waals surface area contributed by atoms with Crippen molar-refractivity contribution in [1.82, 2.24) is 25.3 Å². The van der Waals surface area contributed by atoms with Gasteiger partial charge in [0.2, 0.25) is 0 Å². The number of nitrogens with zero attached hydrogens (tertiary/aromatic N) is 4.